The van der Waals surface area contributed by atoms with Crippen molar-refractivity contribution >= 4 is 0 Å². The van der Waals surface area contributed by atoms with E-state index in [9.17, 15) is 0 Å². The lowest BCUT2D eigenvalue weighted by Crippen LogP contribution is -2.41. The zero-order valence-electron chi connectivity index (χ0n) is 10.6. The average molecular weight is 226 g/mol. The summed E-state index contributed by atoms with van der Waals surface area (Å²) in [5.41, 5.74) is 0. The van der Waals surface area contributed by atoms with Crippen LogP contribution in [0.3, 0.4) is 0 Å². The third-order valence-corrected chi connectivity index (χ3v) is 2.92. The number of rotatable bonds is 7. The van der Waals surface area contributed by atoms with Gasteiger partial charge >= 0.3 is 0 Å². The summed E-state index contributed by atoms with van der Waals surface area (Å²) in [6, 6.07) is 0.282. The quantitative estimate of drug-likeness (QED) is 0.749. The fourth-order valence-electron chi connectivity index (χ4n) is 1.94. The van der Waals surface area contributed by atoms with Gasteiger partial charge in [0.1, 0.15) is 12.2 Å². The molecule has 0 saturated carbocycles. The number of aryl methyl sites for hydroxylation is 1. The Kier molecular flexibility index (Phi) is 5.42. The van der Waals surface area contributed by atoms with Crippen LogP contribution in [0.1, 0.15) is 26.1 Å². The summed E-state index contributed by atoms with van der Waals surface area (Å²) in [5.74, 6) is 1.01. The third-order valence-electron chi connectivity index (χ3n) is 2.92. The SMILES string of the molecule is CCC(OC)C(Cc1ncnn1CC)NC. The van der Waals surface area contributed by atoms with E-state index in [1.807, 2.05) is 11.7 Å². The highest BCUT2D eigenvalue weighted by molar-refractivity contribution is 4.92. The topological polar surface area (TPSA) is 52.0 Å². The second-order valence-electron chi connectivity index (χ2n) is 3.77. The van der Waals surface area contributed by atoms with Gasteiger partial charge in [0.05, 0.1) is 6.10 Å². The highest BCUT2D eigenvalue weighted by Crippen LogP contribution is 2.08. The highest BCUT2D eigenvalue weighted by Gasteiger charge is 2.20. The van der Waals surface area contributed by atoms with E-state index < -0.39 is 0 Å². The van der Waals surface area contributed by atoms with E-state index in [1.165, 1.54) is 0 Å². The van der Waals surface area contributed by atoms with E-state index in [1.54, 1.807) is 13.4 Å². The molecule has 2 unspecified atom stereocenters. The first-order valence-corrected chi connectivity index (χ1v) is 5.83. The maximum atomic E-state index is 5.45. The maximum absolute atomic E-state index is 5.45. The number of methoxy groups -OCH3 is 1. The minimum absolute atomic E-state index is 0.215. The fraction of sp³-hybridized carbons (Fsp3) is 0.818. The van der Waals surface area contributed by atoms with E-state index in [4.69, 9.17) is 4.74 Å². The number of likely N-dealkylation sites (N-methyl/N-ethyl adjacent to an activating group) is 1. The molecule has 1 rings (SSSR count). The normalized spacial score (nSPS) is 15.0. The van der Waals surface area contributed by atoms with E-state index in [0.29, 0.717) is 0 Å². The number of hydrogen-bond acceptors (Lipinski definition) is 4. The molecule has 0 radical (unpaired) electrons. The smallest absolute Gasteiger partial charge is 0.138 e. The van der Waals surface area contributed by atoms with Crippen LogP contribution in [-0.2, 0) is 17.7 Å². The number of ether oxygens (including phenoxy) is 1. The van der Waals surface area contributed by atoms with Crippen molar-refractivity contribution in [3.63, 3.8) is 0 Å². The predicted octanol–water partition coefficient (Wildman–Crippen LogP) is 0.853. The van der Waals surface area contributed by atoms with Crippen LogP contribution < -0.4 is 5.32 Å². The lowest BCUT2D eigenvalue weighted by Gasteiger charge is -2.24. The highest BCUT2D eigenvalue weighted by atomic mass is 16.5. The summed E-state index contributed by atoms with van der Waals surface area (Å²) < 4.78 is 7.38. The van der Waals surface area contributed by atoms with Gasteiger partial charge in [-0.25, -0.2) is 4.98 Å². The van der Waals surface area contributed by atoms with Crippen molar-refractivity contribution in [2.75, 3.05) is 14.2 Å². The summed E-state index contributed by atoms with van der Waals surface area (Å²) in [5, 5.41) is 7.46. The largest absolute Gasteiger partial charge is 0.380 e. The molecule has 5 nitrogen and oxygen atoms in total. The minimum Gasteiger partial charge on any atom is -0.380 e. The molecule has 0 saturated heterocycles. The van der Waals surface area contributed by atoms with Gasteiger partial charge in [-0.05, 0) is 20.4 Å². The van der Waals surface area contributed by atoms with Gasteiger partial charge < -0.3 is 10.1 Å². The van der Waals surface area contributed by atoms with Crippen molar-refractivity contribution in [1.82, 2.24) is 20.1 Å². The summed E-state index contributed by atoms with van der Waals surface area (Å²) in [7, 11) is 3.71. The van der Waals surface area contributed by atoms with Gasteiger partial charge in [-0.3, -0.25) is 4.68 Å². The van der Waals surface area contributed by atoms with Crippen molar-refractivity contribution in [2.45, 2.75) is 45.4 Å². The first-order valence-electron chi connectivity index (χ1n) is 5.83. The molecule has 0 aliphatic rings. The van der Waals surface area contributed by atoms with Crippen molar-refractivity contribution < 1.29 is 4.74 Å². The lowest BCUT2D eigenvalue weighted by atomic mass is 10.0. The molecule has 1 N–H and O–H groups in total. The van der Waals surface area contributed by atoms with Crippen LogP contribution in [0.5, 0.6) is 0 Å². The lowest BCUT2D eigenvalue weighted by molar-refractivity contribution is 0.0668. The zero-order valence-corrected chi connectivity index (χ0v) is 10.6. The molecule has 1 heterocycles. The molecular formula is C11H22N4O. The van der Waals surface area contributed by atoms with Crippen molar-refractivity contribution in [3.05, 3.63) is 12.2 Å². The number of hydrogen-bond donors (Lipinski definition) is 1. The second kappa shape index (κ2) is 6.60. The van der Waals surface area contributed by atoms with E-state index in [-0.39, 0.29) is 12.1 Å². The average Bonchev–Trinajstić information content (AvgIpc) is 2.76. The summed E-state index contributed by atoms with van der Waals surface area (Å²) in [6.45, 7) is 5.05. The van der Waals surface area contributed by atoms with Crippen molar-refractivity contribution in [2.24, 2.45) is 0 Å². The first kappa shape index (κ1) is 13.1. The standard InChI is InChI=1S/C11H22N4O/c1-5-10(16-4)9(12-3)7-11-13-8-14-15(11)6-2/h8-10,12H,5-7H2,1-4H3. The zero-order chi connectivity index (χ0) is 12.0. The molecule has 5 heteroatoms. The predicted molar refractivity (Wildman–Crippen MR) is 63.3 cm³/mol. The molecule has 0 amide bonds. The Morgan fingerprint density at radius 1 is 1.50 bits per heavy atom. The van der Waals surface area contributed by atoms with E-state index >= 15 is 0 Å². The van der Waals surface area contributed by atoms with Crippen LogP contribution >= 0.6 is 0 Å². The maximum Gasteiger partial charge on any atom is 0.138 e. The Morgan fingerprint density at radius 3 is 2.75 bits per heavy atom. The Balaban J connectivity index is 2.69. The summed E-state index contributed by atoms with van der Waals surface area (Å²) >= 11 is 0. The van der Waals surface area contributed by atoms with E-state index in [0.717, 1.165) is 25.2 Å². The van der Waals surface area contributed by atoms with Gasteiger partial charge in [0, 0.05) is 26.1 Å². The van der Waals surface area contributed by atoms with Gasteiger partial charge in [0.25, 0.3) is 0 Å². The first-order chi connectivity index (χ1) is 7.76. The van der Waals surface area contributed by atoms with Crippen LogP contribution in [0.4, 0.5) is 0 Å². The molecule has 0 bridgehead atoms. The summed E-state index contributed by atoms with van der Waals surface area (Å²) in [4.78, 5) is 4.28. The molecule has 16 heavy (non-hydrogen) atoms. The van der Waals surface area contributed by atoms with Crippen molar-refractivity contribution in [1.29, 1.82) is 0 Å². The Labute approximate surface area is 97.2 Å². The van der Waals surface area contributed by atoms with Crippen LogP contribution in [0, 0.1) is 0 Å². The molecule has 1 aromatic rings. The molecule has 0 aliphatic heterocycles. The number of nitrogens with zero attached hydrogens (tertiary/aromatic N) is 3. The molecule has 0 fully saturated rings. The Hall–Kier alpha value is -0.940. The summed E-state index contributed by atoms with van der Waals surface area (Å²) in [6.07, 6.45) is 3.66. The van der Waals surface area contributed by atoms with Gasteiger partial charge in [-0.2, -0.15) is 5.10 Å². The van der Waals surface area contributed by atoms with Crippen LogP contribution in [0.15, 0.2) is 6.33 Å². The molecule has 0 aromatic carbocycles. The van der Waals surface area contributed by atoms with E-state index in [2.05, 4.69) is 29.2 Å². The molecule has 2 atom stereocenters. The van der Waals surface area contributed by atoms with Gasteiger partial charge in [0.2, 0.25) is 0 Å². The van der Waals surface area contributed by atoms with Gasteiger partial charge in [0.15, 0.2) is 0 Å². The van der Waals surface area contributed by atoms with Crippen LogP contribution in [-0.4, -0.2) is 41.1 Å². The molecule has 92 valence electrons. The fourth-order valence-corrected chi connectivity index (χ4v) is 1.94. The molecule has 0 spiro atoms. The third kappa shape index (κ3) is 3.02. The van der Waals surface area contributed by atoms with Gasteiger partial charge in [-0.1, -0.05) is 6.92 Å². The monoisotopic (exact) mass is 226 g/mol. The number of nitrogens with one attached hydrogen (secondary N) is 1. The number of aromatic nitrogens is 3. The van der Waals surface area contributed by atoms with Crippen molar-refractivity contribution in [3.8, 4) is 0 Å². The van der Waals surface area contributed by atoms with Gasteiger partial charge in [-0.15, -0.1) is 0 Å². The van der Waals surface area contributed by atoms with Crippen LogP contribution in [0.25, 0.3) is 0 Å². The Bertz CT molecular complexity index is 296. The minimum atomic E-state index is 0.215. The molecular weight excluding hydrogens is 204 g/mol. The molecule has 1 aromatic heterocycles. The Morgan fingerprint density at radius 2 is 2.25 bits per heavy atom. The second-order valence-corrected chi connectivity index (χ2v) is 3.77. The molecule has 0 aliphatic carbocycles. The van der Waals surface area contributed by atoms with Crippen LogP contribution in [0.2, 0.25) is 0 Å².